The van der Waals surface area contributed by atoms with Gasteiger partial charge in [0.25, 0.3) is 0 Å². The molecule has 8 heteroatoms. The van der Waals surface area contributed by atoms with Gasteiger partial charge >= 0.3 is 0 Å². The van der Waals surface area contributed by atoms with Crippen LogP contribution in [0, 0.1) is 0 Å². The second kappa shape index (κ2) is 5.45. The highest BCUT2D eigenvalue weighted by molar-refractivity contribution is 8.31. The highest BCUT2D eigenvalue weighted by atomic mass is 32.3. The summed E-state index contributed by atoms with van der Waals surface area (Å²) in [5.41, 5.74) is 0. The van der Waals surface area contributed by atoms with Gasteiger partial charge in [0.1, 0.15) is 8.24 Å². The molecular formula is C9H32N4SSi3. The molecule has 0 radical (unpaired) electrons. The van der Waals surface area contributed by atoms with E-state index in [4.69, 9.17) is 5.40 Å². The van der Waals surface area contributed by atoms with Crippen LogP contribution in [0.3, 0.4) is 0 Å². The third-order valence-electron chi connectivity index (χ3n) is 1.71. The lowest BCUT2D eigenvalue weighted by atomic mass is 11.8. The number of rotatable bonds is 6. The summed E-state index contributed by atoms with van der Waals surface area (Å²) in [6.45, 7) is 15.9. The van der Waals surface area contributed by atoms with E-state index in [1.807, 2.05) is 0 Å². The van der Waals surface area contributed by atoms with Gasteiger partial charge in [-0.3, -0.25) is 8.78 Å². The third kappa shape index (κ3) is 10.4. The molecule has 0 atom stereocenters. The van der Waals surface area contributed by atoms with Gasteiger partial charge in [-0.2, -0.15) is 10.4 Å². The van der Waals surface area contributed by atoms with Gasteiger partial charge in [-0.25, -0.2) is 0 Å². The molecule has 5 N–H and O–H groups in total. The molecule has 0 saturated heterocycles. The highest BCUT2D eigenvalue weighted by Gasteiger charge is 2.33. The van der Waals surface area contributed by atoms with Gasteiger partial charge < -0.3 is 10.0 Å². The number of nitrogens with one attached hydrogen (secondary N) is 3. The first-order chi connectivity index (χ1) is 7.12. The minimum absolute atomic E-state index is 0.942. The van der Waals surface area contributed by atoms with Crippen LogP contribution in [0.15, 0.2) is 0 Å². The van der Waals surface area contributed by atoms with Crippen molar-refractivity contribution in [1.82, 2.24) is 13.4 Å². The van der Waals surface area contributed by atoms with Crippen molar-refractivity contribution in [2.75, 3.05) is 12.5 Å². The van der Waals surface area contributed by atoms with Gasteiger partial charge in [0.2, 0.25) is 0 Å². The molecule has 0 aromatic heterocycles. The van der Waals surface area contributed by atoms with Gasteiger partial charge in [0.05, 0.1) is 0 Å². The normalized spacial score (nSPS) is 16.1. The monoisotopic (exact) mass is 312 g/mol. The Hall–Kier alpha value is 0.841. The smallest absolute Gasteiger partial charge is 0.198 e. The van der Waals surface area contributed by atoms with Crippen LogP contribution in [0.25, 0.3) is 0 Å². The standard InChI is InChI=1S/C9H32N4SSi3/c1-14(2,11-15(3,4)5)12-17(8,9)13-16(6,7)10/h11-13H,10H2,1-9H3. The van der Waals surface area contributed by atoms with Crippen molar-refractivity contribution in [2.24, 2.45) is 5.40 Å². The van der Waals surface area contributed by atoms with Gasteiger partial charge in [0.15, 0.2) is 16.8 Å². The van der Waals surface area contributed by atoms with Crippen molar-refractivity contribution < 1.29 is 0 Å². The molecule has 0 unspecified atom stereocenters. The summed E-state index contributed by atoms with van der Waals surface area (Å²) in [6.07, 6.45) is 4.60. The second-order valence-corrected chi connectivity index (χ2v) is 23.7. The summed E-state index contributed by atoms with van der Waals surface area (Å²) in [7, 11) is -5.54. The number of nitrogens with two attached hydrogens (primary N) is 1. The summed E-state index contributed by atoms with van der Waals surface area (Å²) >= 11 is 0. The molecule has 0 fully saturated rings. The maximum atomic E-state index is 6.19. The molecule has 4 nitrogen and oxygen atoms in total. The van der Waals surface area contributed by atoms with Gasteiger partial charge in [0, 0.05) is 0 Å². The van der Waals surface area contributed by atoms with E-state index < -0.39 is 35.4 Å². The van der Waals surface area contributed by atoms with E-state index in [-0.39, 0.29) is 0 Å². The summed E-state index contributed by atoms with van der Waals surface area (Å²) < 4.78 is 11.3. The molecule has 17 heavy (non-hydrogen) atoms. The second-order valence-electron chi connectivity index (χ2n) is 7.25. The number of hydrogen-bond acceptors (Lipinski definition) is 4. The van der Waals surface area contributed by atoms with Crippen molar-refractivity contribution >= 4 is 35.4 Å². The van der Waals surface area contributed by atoms with Crippen LogP contribution < -0.4 is 18.8 Å². The summed E-state index contributed by atoms with van der Waals surface area (Å²) in [6, 6.07) is 0. The minimum atomic E-state index is -1.70. The van der Waals surface area contributed by atoms with E-state index in [0.29, 0.717) is 0 Å². The van der Waals surface area contributed by atoms with Crippen molar-refractivity contribution in [3.8, 4) is 0 Å². The van der Waals surface area contributed by atoms with Crippen LogP contribution >= 0.6 is 10.4 Å². The van der Waals surface area contributed by atoms with Gasteiger partial charge in [-0.05, 0) is 38.7 Å². The van der Waals surface area contributed by atoms with Crippen molar-refractivity contribution in [1.29, 1.82) is 0 Å². The largest absolute Gasteiger partial charge is 0.340 e. The summed E-state index contributed by atoms with van der Waals surface area (Å²) in [5.74, 6) is 0. The fraction of sp³-hybridized carbons (Fsp3) is 1.00. The molecule has 0 spiro atoms. The average Bonchev–Trinajstić information content (AvgIpc) is 1.65. The lowest BCUT2D eigenvalue weighted by Crippen LogP contribution is -2.71. The SMILES string of the molecule is C[Si](C)(C)NS(C)(C)N[Si](C)(C)N[Si](C)(C)N. The third-order valence-corrected chi connectivity index (χ3v) is 15.4. The molecule has 0 bridgehead atoms. The molecule has 0 aliphatic rings. The van der Waals surface area contributed by atoms with Crippen molar-refractivity contribution in [3.63, 3.8) is 0 Å². The minimum Gasteiger partial charge on any atom is -0.340 e. The zero-order valence-electron chi connectivity index (χ0n) is 13.0. The van der Waals surface area contributed by atoms with E-state index in [9.17, 15) is 0 Å². The predicted molar refractivity (Wildman–Crippen MR) is 91.3 cm³/mol. The topological polar surface area (TPSA) is 62.1 Å². The highest BCUT2D eigenvalue weighted by Crippen LogP contribution is 2.33. The summed E-state index contributed by atoms with van der Waals surface area (Å²) in [5, 5.41) is 6.19. The maximum absolute atomic E-state index is 6.19. The Morgan fingerprint density at radius 2 is 1.24 bits per heavy atom. The lowest BCUT2D eigenvalue weighted by Gasteiger charge is -2.46. The maximum Gasteiger partial charge on any atom is 0.198 e. The Labute approximate surface area is 113 Å². The molecular weight excluding hydrogens is 280 g/mol. The van der Waals surface area contributed by atoms with Crippen LogP contribution in [-0.2, 0) is 0 Å². The Bertz CT molecular complexity index is 232. The van der Waals surface area contributed by atoms with E-state index in [2.05, 4.69) is 71.8 Å². The quantitative estimate of drug-likeness (QED) is 0.565. The van der Waals surface area contributed by atoms with Crippen molar-refractivity contribution in [3.05, 3.63) is 0 Å². The van der Waals surface area contributed by atoms with Crippen LogP contribution in [-0.4, -0.2) is 37.5 Å². The molecule has 0 rings (SSSR count). The van der Waals surface area contributed by atoms with E-state index >= 15 is 0 Å². The van der Waals surface area contributed by atoms with E-state index in [0.717, 1.165) is 0 Å². The van der Waals surface area contributed by atoms with Crippen LogP contribution in [0.1, 0.15) is 0 Å². The molecule has 0 saturated carbocycles. The Balaban J connectivity index is 4.59. The molecule has 0 heterocycles. The molecule has 0 aromatic rings. The summed E-state index contributed by atoms with van der Waals surface area (Å²) in [4.78, 5) is 0. The molecule has 106 valence electrons. The molecule has 0 aromatic carbocycles. The molecule has 0 amide bonds. The van der Waals surface area contributed by atoms with Crippen molar-refractivity contribution in [2.45, 2.75) is 45.8 Å². The zero-order chi connectivity index (χ0) is 14.1. The molecule has 0 aliphatic heterocycles. The van der Waals surface area contributed by atoms with Crippen LogP contribution in [0.4, 0.5) is 0 Å². The first-order valence-electron chi connectivity index (χ1n) is 6.01. The lowest BCUT2D eigenvalue weighted by molar-refractivity contribution is 1.19. The number of hydrogen-bond donors (Lipinski definition) is 4. The first-order valence-corrected chi connectivity index (χ1v) is 18.0. The molecule has 0 aliphatic carbocycles. The van der Waals surface area contributed by atoms with E-state index in [1.165, 1.54) is 0 Å². The van der Waals surface area contributed by atoms with E-state index in [1.54, 1.807) is 0 Å². The Morgan fingerprint density at radius 3 is 1.53 bits per heavy atom. The fourth-order valence-electron chi connectivity index (χ4n) is 2.26. The van der Waals surface area contributed by atoms with Crippen LogP contribution in [0.2, 0.25) is 45.8 Å². The fourth-order valence-corrected chi connectivity index (χ4v) is 21.3. The average molecular weight is 313 g/mol. The Kier molecular flexibility index (Phi) is 5.72. The first kappa shape index (κ1) is 17.8. The van der Waals surface area contributed by atoms with Crippen LogP contribution in [0.5, 0.6) is 0 Å². The Morgan fingerprint density at radius 1 is 0.824 bits per heavy atom. The van der Waals surface area contributed by atoms with Gasteiger partial charge in [-0.1, -0.05) is 19.6 Å². The predicted octanol–water partition coefficient (Wildman–Crippen LogP) is 1.85. The van der Waals surface area contributed by atoms with Gasteiger partial charge in [-0.15, -0.1) is 0 Å². The zero-order valence-corrected chi connectivity index (χ0v) is 16.8.